The van der Waals surface area contributed by atoms with Crippen molar-refractivity contribution >= 4 is 5.69 Å². The van der Waals surface area contributed by atoms with E-state index in [1.807, 2.05) is 43.3 Å². The lowest BCUT2D eigenvalue weighted by Crippen LogP contribution is -2.11. The Morgan fingerprint density at radius 1 is 1.16 bits per heavy atom. The largest absolute Gasteiger partial charge is 0.378 e. The summed E-state index contributed by atoms with van der Waals surface area (Å²) < 4.78 is 13.9. The molecule has 0 amide bonds. The fourth-order valence-corrected chi connectivity index (χ4v) is 2.04. The minimum absolute atomic E-state index is 0.0959. The van der Waals surface area contributed by atoms with E-state index in [2.05, 4.69) is 11.9 Å². The van der Waals surface area contributed by atoms with Gasteiger partial charge in [0.05, 0.1) is 6.04 Å². The Kier molecular flexibility index (Phi) is 4.35. The summed E-state index contributed by atoms with van der Waals surface area (Å²) >= 11 is 0. The number of rotatable bonds is 5. The summed E-state index contributed by atoms with van der Waals surface area (Å²) in [6.45, 7) is 5.79. The van der Waals surface area contributed by atoms with Crippen LogP contribution in [-0.2, 0) is 0 Å². The van der Waals surface area contributed by atoms with Crippen molar-refractivity contribution in [2.75, 3.05) is 5.32 Å². The number of benzene rings is 2. The molecule has 2 rings (SSSR count). The second kappa shape index (κ2) is 6.19. The number of anilines is 1. The monoisotopic (exact) mass is 255 g/mol. The first-order valence-corrected chi connectivity index (χ1v) is 6.39. The fraction of sp³-hybridized carbons (Fsp3) is 0.176. The van der Waals surface area contributed by atoms with Gasteiger partial charge in [0.25, 0.3) is 0 Å². The first-order chi connectivity index (χ1) is 9.20. The van der Waals surface area contributed by atoms with Crippen LogP contribution in [0, 0.1) is 12.7 Å². The van der Waals surface area contributed by atoms with Crippen LogP contribution in [-0.4, -0.2) is 0 Å². The molecular weight excluding hydrogens is 237 g/mol. The van der Waals surface area contributed by atoms with Crippen molar-refractivity contribution in [2.24, 2.45) is 0 Å². The zero-order valence-electron chi connectivity index (χ0n) is 11.1. The highest BCUT2D eigenvalue weighted by molar-refractivity contribution is 5.47. The number of nitrogens with one attached hydrogen (secondary N) is 1. The first kappa shape index (κ1) is 13.3. The minimum atomic E-state index is -0.186. The lowest BCUT2D eigenvalue weighted by atomic mass is 10.0. The van der Waals surface area contributed by atoms with Gasteiger partial charge in [-0.2, -0.15) is 0 Å². The van der Waals surface area contributed by atoms with E-state index in [1.165, 1.54) is 11.6 Å². The normalized spacial score (nSPS) is 11.9. The Morgan fingerprint density at radius 2 is 1.84 bits per heavy atom. The molecule has 0 radical (unpaired) electrons. The summed E-state index contributed by atoms with van der Waals surface area (Å²) in [5, 5.41) is 3.35. The van der Waals surface area contributed by atoms with E-state index in [1.54, 1.807) is 12.1 Å². The van der Waals surface area contributed by atoms with E-state index < -0.39 is 0 Å². The first-order valence-electron chi connectivity index (χ1n) is 6.39. The molecule has 98 valence electrons. The maximum absolute atomic E-state index is 13.9. The van der Waals surface area contributed by atoms with E-state index in [0.717, 1.165) is 5.69 Å². The van der Waals surface area contributed by atoms with Crippen LogP contribution in [0.4, 0.5) is 10.1 Å². The molecule has 0 aliphatic heterocycles. The summed E-state index contributed by atoms with van der Waals surface area (Å²) in [7, 11) is 0. The van der Waals surface area contributed by atoms with Crippen LogP contribution in [0.2, 0.25) is 0 Å². The summed E-state index contributed by atoms with van der Waals surface area (Å²) in [6, 6.07) is 14.8. The maximum atomic E-state index is 13.9. The number of hydrogen-bond donors (Lipinski definition) is 1. The van der Waals surface area contributed by atoms with Crippen LogP contribution in [0.1, 0.15) is 23.6 Å². The molecule has 19 heavy (non-hydrogen) atoms. The molecular formula is C17H18FN. The van der Waals surface area contributed by atoms with Crippen LogP contribution < -0.4 is 5.32 Å². The topological polar surface area (TPSA) is 12.0 Å². The van der Waals surface area contributed by atoms with Crippen molar-refractivity contribution in [3.05, 3.63) is 78.1 Å². The van der Waals surface area contributed by atoms with Crippen LogP contribution in [0.3, 0.4) is 0 Å². The zero-order valence-corrected chi connectivity index (χ0v) is 11.1. The van der Waals surface area contributed by atoms with Gasteiger partial charge in [-0.05, 0) is 31.5 Å². The van der Waals surface area contributed by atoms with Crippen molar-refractivity contribution in [2.45, 2.75) is 19.4 Å². The van der Waals surface area contributed by atoms with Crippen molar-refractivity contribution in [3.8, 4) is 0 Å². The van der Waals surface area contributed by atoms with Gasteiger partial charge in [-0.3, -0.25) is 0 Å². The van der Waals surface area contributed by atoms with Gasteiger partial charge in [-0.1, -0.05) is 42.0 Å². The van der Waals surface area contributed by atoms with Gasteiger partial charge < -0.3 is 5.32 Å². The van der Waals surface area contributed by atoms with Gasteiger partial charge in [0, 0.05) is 11.3 Å². The van der Waals surface area contributed by atoms with E-state index in [9.17, 15) is 4.39 Å². The standard InChI is InChI=1S/C17H18FN/c1-3-6-17(15-7-4-5-8-16(15)18)19-14-11-9-13(2)10-12-14/h3-5,7-12,17,19H,1,6H2,2H3. The summed E-state index contributed by atoms with van der Waals surface area (Å²) in [5.74, 6) is -0.186. The summed E-state index contributed by atoms with van der Waals surface area (Å²) in [4.78, 5) is 0. The number of hydrogen-bond acceptors (Lipinski definition) is 1. The minimum Gasteiger partial charge on any atom is -0.378 e. The van der Waals surface area contributed by atoms with Crippen molar-refractivity contribution in [1.29, 1.82) is 0 Å². The molecule has 0 saturated heterocycles. The molecule has 0 heterocycles. The third-order valence-electron chi connectivity index (χ3n) is 3.08. The van der Waals surface area contributed by atoms with Gasteiger partial charge in [0.1, 0.15) is 5.82 Å². The number of halogens is 1. The molecule has 2 heteroatoms. The molecule has 0 bridgehead atoms. The lowest BCUT2D eigenvalue weighted by Gasteiger charge is -2.19. The second-order valence-electron chi connectivity index (χ2n) is 4.61. The van der Waals surface area contributed by atoms with E-state index in [4.69, 9.17) is 0 Å². The third kappa shape index (κ3) is 3.44. The Balaban J connectivity index is 2.23. The summed E-state index contributed by atoms with van der Waals surface area (Å²) in [5.41, 5.74) is 2.86. The van der Waals surface area contributed by atoms with Crippen molar-refractivity contribution in [1.82, 2.24) is 0 Å². The van der Waals surface area contributed by atoms with Crippen LogP contribution in [0.25, 0.3) is 0 Å². The van der Waals surface area contributed by atoms with Crippen LogP contribution >= 0.6 is 0 Å². The molecule has 0 spiro atoms. The SMILES string of the molecule is C=CCC(Nc1ccc(C)cc1)c1ccccc1F. The van der Waals surface area contributed by atoms with Crippen molar-refractivity contribution < 1.29 is 4.39 Å². The molecule has 0 aliphatic rings. The van der Waals surface area contributed by atoms with E-state index >= 15 is 0 Å². The average Bonchev–Trinajstić information content (AvgIpc) is 2.41. The fourth-order valence-electron chi connectivity index (χ4n) is 2.04. The van der Waals surface area contributed by atoms with Crippen LogP contribution in [0.5, 0.6) is 0 Å². The van der Waals surface area contributed by atoms with Gasteiger partial charge in [0.15, 0.2) is 0 Å². The van der Waals surface area contributed by atoms with E-state index in [0.29, 0.717) is 12.0 Å². The Labute approximate surface area is 113 Å². The van der Waals surface area contributed by atoms with Crippen LogP contribution in [0.15, 0.2) is 61.2 Å². The quantitative estimate of drug-likeness (QED) is 0.752. The highest BCUT2D eigenvalue weighted by Gasteiger charge is 2.13. The molecule has 0 aliphatic carbocycles. The van der Waals surface area contributed by atoms with E-state index in [-0.39, 0.29) is 11.9 Å². The molecule has 0 saturated carbocycles. The molecule has 0 fully saturated rings. The maximum Gasteiger partial charge on any atom is 0.128 e. The predicted octanol–water partition coefficient (Wildman–Crippen LogP) is 4.86. The van der Waals surface area contributed by atoms with Gasteiger partial charge in [-0.25, -0.2) is 4.39 Å². The summed E-state index contributed by atoms with van der Waals surface area (Å²) in [6.07, 6.45) is 2.48. The molecule has 2 aromatic carbocycles. The molecule has 2 aromatic rings. The average molecular weight is 255 g/mol. The lowest BCUT2D eigenvalue weighted by molar-refractivity contribution is 0.593. The zero-order chi connectivity index (χ0) is 13.7. The highest BCUT2D eigenvalue weighted by Crippen LogP contribution is 2.25. The smallest absolute Gasteiger partial charge is 0.128 e. The molecule has 0 aromatic heterocycles. The molecule has 1 nitrogen and oxygen atoms in total. The second-order valence-corrected chi connectivity index (χ2v) is 4.61. The predicted molar refractivity (Wildman–Crippen MR) is 78.8 cm³/mol. The van der Waals surface area contributed by atoms with Gasteiger partial charge >= 0.3 is 0 Å². The highest BCUT2D eigenvalue weighted by atomic mass is 19.1. The Morgan fingerprint density at radius 3 is 2.47 bits per heavy atom. The molecule has 1 atom stereocenters. The molecule has 1 unspecified atom stereocenters. The van der Waals surface area contributed by atoms with Crippen molar-refractivity contribution in [3.63, 3.8) is 0 Å². The Bertz CT molecular complexity index is 545. The number of aryl methyl sites for hydroxylation is 1. The van der Waals surface area contributed by atoms with Gasteiger partial charge in [0.2, 0.25) is 0 Å². The Hall–Kier alpha value is -2.09. The molecule has 1 N–H and O–H groups in total. The van der Waals surface area contributed by atoms with Gasteiger partial charge in [-0.15, -0.1) is 6.58 Å². The third-order valence-corrected chi connectivity index (χ3v) is 3.08.